The van der Waals surface area contributed by atoms with E-state index in [2.05, 4.69) is 10.2 Å². The fraction of sp³-hybridized carbons (Fsp3) is 0.421. The third-order valence-electron chi connectivity index (χ3n) is 4.56. The molecule has 0 aliphatic carbocycles. The molecule has 0 saturated carbocycles. The molecule has 0 spiro atoms. The van der Waals surface area contributed by atoms with Crippen molar-refractivity contribution in [2.75, 3.05) is 39.4 Å². The van der Waals surface area contributed by atoms with Gasteiger partial charge in [-0.1, -0.05) is 24.3 Å². The third kappa shape index (κ3) is 3.68. The zero-order chi connectivity index (χ0) is 16.9. The summed E-state index contributed by atoms with van der Waals surface area (Å²) in [6.07, 6.45) is 0.888. The van der Waals surface area contributed by atoms with Crippen molar-refractivity contribution in [1.82, 2.24) is 10.2 Å². The number of carbonyl (C=O) groups excluding carboxylic acids is 1. The molecule has 2 N–H and O–H groups in total. The lowest BCUT2D eigenvalue weighted by Gasteiger charge is -2.26. The molecule has 0 bridgehead atoms. The van der Waals surface area contributed by atoms with E-state index in [9.17, 15) is 9.90 Å². The molecular weight excluding hydrogens is 304 g/mol. The van der Waals surface area contributed by atoms with Gasteiger partial charge < -0.3 is 15.2 Å². The summed E-state index contributed by atoms with van der Waals surface area (Å²) in [7, 11) is 0. The second kappa shape index (κ2) is 7.64. The lowest BCUT2D eigenvalue weighted by molar-refractivity contribution is 0.0374. The lowest BCUT2D eigenvalue weighted by atomic mass is 10.00. The number of fused-ring (bicyclic) bond motifs is 1. The highest BCUT2D eigenvalue weighted by molar-refractivity contribution is 6.02. The molecular formula is C19H24N2O3. The molecule has 1 amide bonds. The van der Waals surface area contributed by atoms with E-state index in [-0.39, 0.29) is 11.7 Å². The quantitative estimate of drug-likeness (QED) is 0.827. The fourth-order valence-electron chi connectivity index (χ4n) is 3.12. The monoisotopic (exact) mass is 328 g/mol. The Morgan fingerprint density at radius 2 is 2.04 bits per heavy atom. The molecule has 3 rings (SSSR count). The highest BCUT2D eigenvalue weighted by Gasteiger charge is 2.15. The van der Waals surface area contributed by atoms with Crippen LogP contribution in [0.15, 0.2) is 30.3 Å². The van der Waals surface area contributed by atoms with Crippen LogP contribution in [0, 0.1) is 6.92 Å². The number of phenols is 1. The highest BCUT2D eigenvalue weighted by atomic mass is 16.5. The van der Waals surface area contributed by atoms with E-state index in [1.54, 1.807) is 6.07 Å². The van der Waals surface area contributed by atoms with E-state index in [0.29, 0.717) is 12.1 Å². The van der Waals surface area contributed by atoms with Crippen LogP contribution < -0.4 is 5.32 Å². The third-order valence-corrected chi connectivity index (χ3v) is 4.56. The van der Waals surface area contributed by atoms with E-state index in [1.165, 1.54) is 0 Å². The number of hydrogen-bond donors (Lipinski definition) is 2. The number of benzene rings is 2. The summed E-state index contributed by atoms with van der Waals surface area (Å²) in [6.45, 7) is 6.88. The Bertz CT molecular complexity index is 724. The summed E-state index contributed by atoms with van der Waals surface area (Å²) >= 11 is 0. The van der Waals surface area contributed by atoms with E-state index < -0.39 is 0 Å². The van der Waals surface area contributed by atoms with Gasteiger partial charge in [0, 0.05) is 19.6 Å². The lowest BCUT2D eigenvalue weighted by Crippen LogP contribution is -2.38. The second-order valence-electron chi connectivity index (χ2n) is 6.18. The van der Waals surface area contributed by atoms with E-state index in [0.717, 1.165) is 55.6 Å². The van der Waals surface area contributed by atoms with Crippen molar-refractivity contribution in [2.45, 2.75) is 13.3 Å². The average molecular weight is 328 g/mol. The highest BCUT2D eigenvalue weighted by Crippen LogP contribution is 2.30. The SMILES string of the molecule is Cc1c(O)c(C(=O)NCCCN2CCOCC2)cc2ccccc12. The minimum absolute atomic E-state index is 0.0689. The molecule has 128 valence electrons. The number of phenolic OH excluding ortho intramolecular Hbond substituents is 1. The molecule has 5 heteroatoms. The number of carbonyl (C=O) groups is 1. The van der Waals surface area contributed by atoms with Crippen LogP contribution in [0.1, 0.15) is 22.3 Å². The first-order valence-electron chi connectivity index (χ1n) is 8.46. The van der Waals surface area contributed by atoms with Gasteiger partial charge in [0.2, 0.25) is 0 Å². The van der Waals surface area contributed by atoms with Gasteiger partial charge in [0.15, 0.2) is 0 Å². The molecule has 1 saturated heterocycles. The zero-order valence-corrected chi connectivity index (χ0v) is 14.0. The predicted octanol–water partition coefficient (Wildman–Crippen LogP) is 2.31. The maximum absolute atomic E-state index is 12.4. The normalized spacial score (nSPS) is 15.5. The van der Waals surface area contributed by atoms with Crippen molar-refractivity contribution in [2.24, 2.45) is 0 Å². The Morgan fingerprint density at radius 3 is 2.83 bits per heavy atom. The molecule has 0 unspecified atom stereocenters. The van der Waals surface area contributed by atoms with Gasteiger partial charge in [0.25, 0.3) is 5.91 Å². The fourth-order valence-corrected chi connectivity index (χ4v) is 3.12. The maximum Gasteiger partial charge on any atom is 0.255 e. The first-order chi connectivity index (χ1) is 11.7. The Balaban J connectivity index is 1.60. The van der Waals surface area contributed by atoms with Crippen molar-refractivity contribution in [3.05, 3.63) is 41.5 Å². The summed E-state index contributed by atoms with van der Waals surface area (Å²) in [5.41, 5.74) is 1.09. The van der Waals surface area contributed by atoms with Gasteiger partial charge in [-0.3, -0.25) is 9.69 Å². The molecule has 0 radical (unpaired) electrons. The minimum atomic E-state index is -0.219. The standard InChI is InChI=1S/C19H24N2O3/c1-14-16-6-3-2-5-15(16)13-17(18(14)22)19(23)20-7-4-8-21-9-11-24-12-10-21/h2-3,5-6,13,22H,4,7-12H2,1H3,(H,20,23). The summed E-state index contributed by atoms with van der Waals surface area (Å²) in [5, 5.41) is 15.2. The molecule has 1 heterocycles. The van der Waals surface area contributed by atoms with Crippen LogP contribution in [0.3, 0.4) is 0 Å². The van der Waals surface area contributed by atoms with E-state index >= 15 is 0 Å². The van der Waals surface area contributed by atoms with Gasteiger partial charge in [0.05, 0.1) is 18.8 Å². The summed E-state index contributed by atoms with van der Waals surface area (Å²) in [5.74, 6) is -0.150. The van der Waals surface area contributed by atoms with E-state index in [1.807, 2.05) is 31.2 Å². The van der Waals surface area contributed by atoms with Crippen molar-refractivity contribution in [3.8, 4) is 5.75 Å². The van der Waals surface area contributed by atoms with Gasteiger partial charge in [-0.25, -0.2) is 0 Å². The molecule has 1 aliphatic heterocycles. The topological polar surface area (TPSA) is 61.8 Å². The van der Waals surface area contributed by atoms with Gasteiger partial charge in [-0.05, 0) is 42.3 Å². The average Bonchev–Trinajstić information content (AvgIpc) is 2.62. The number of morpholine rings is 1. The minimum Gasteiger partial charge on any atom is -0.507 e. The van der Waals surface area contributed by atoms with Gasteiger partial charge in [-0.2, -0.15) is 0 Å². The number of ether oxygens (including phenoxy) is 1. The van der Waals surface area contributed by atoms with Crippen LogP contribution in [0.25, 0.3) is 10.8 Å². The Labute approximate surface area is 142 Å². The second-order valence-corrected chi connectivity index (χ2v) is 6.18. The van der Waals surface area contributed by atoms with E-state index in [4.69, 9.17) is 4.74 Å². The molecule has 24 heavy (non-hydrogen) atoms. The van der Waals surface area contributed by atoms with Crippen molar-refractivity contribution >= 4 is 16.7 Å². The first kappa shape index (κ1) is 16.7. The van der Waals surface area contributed by atoms with Gasteiger partial charge in [0.1, 0.15) is 5.75 Å². The Kier molecular flexibility index (Phi) is 5.33. The van der Waals surface area contributed by atoms with Crippen molar-refractivity contribution in [1.29, 1.82) is 0 Å². The van der Waals surface area contributed by atoms with Gasteiger partial charge in [-0.15, -0.1) is 0 Å². The summed E-state index contributed by atoms with van der Waals surface area (Å²) < 4.78 is 5.32. The summed E-state index contributed by atoms with van der Waals surface area (Å²) in [4.78, 5) is 14.7. The molecule has 0 atom stereocenters. The Hall–Kier alpha value is -2.11. The number of hydrogen-bond acceptors (Lipinski definition) is 4. The molecule has 0 aromatic heterocycles. The Morgan fingerprint density at radius 1 is 1.29 bits per heavy atom. The van der Waals surface area contributed by atoms with Crippen LogP contribution in [-0.4, -0.2) is 55.3 Å². The molecule has 2 aromatic carbocycles. The number of rotatable bonds is 5. The van der Waals surface area contributed by atoms with Crippen LogP contribution in [0.4, 0.5) is 0 Å². The molecule has 1 fully saturated rings. The largest absolute Gasteiger partial charge is 0.507 e. The van der Waals surface area contributed by atoms with Gasteiger partial charge >= 0.3 is 0 Å². The molecule has 2 aromatic rings. The first-order valence-corrected chi connectivity index (χ1v) is 8.46. The summed E-state index contributed by atoms with van der Waals surface area (Å²) in [6, 6.07) is 9.53. The number of aromatic hydroxyl groups is 1. The number of nitrogens with one attached hydrogen (secondary N) is 1. The zero-order valence-electron chi connectivity index (χ0n) is 14.0. The van der Waals surface area contributed by atoms with Crippen LogP contribution in [-0.2, 0) is 4.74 Å². The molecule has 1 aliphatic rings. The number of nitrogens with zero attached hydrogens (tertiary/aromatic N) is 1. The number of aryl methyl sites for hydroxylation is 1. The maximum atomic E-state index is 12.4. The smallest absolute Gasteiger partial charge is 0.255 e. The van der Waals surface area contributed by atoms with Crippen LogP contribution >= 0.6 is 0 Å². The number of amides is 1. The van der Waals surface area contributed by atoms with Crippen LogP contribution in [0.5, 0.6) is 5.75 Å². The molecule has 5 nitrogen and oxygen atoms in total. The van der Waals surface area contributed by atoms with Crippen LogP contribution in [0.2, 0.25) is 0 Å². The van der Waals surface area contributed by atoms with Crippen molar-refractivity contribution < 1.29 is 14.6 Å². The van der Waals surface area contributed by atoms with Crippen molar-refractivity contribution in [3.63, 3.8) is 0 Å². The predicted molar refractivity (Wildman–Crippen MR) is 94.6 cm³/mol.